The molecule has 1 aromatic carbocycles. The van der Waals surface area contributed by atoms with Crippen LogP contribution in [0.25, 0.3) is 11.0 Å². The lowest BCUT2D eigenvalue weighted by Gasteiger charge is -2.31. The highest BCUT2D eigenvalue weighted by Gasteiger charge is 2.27. The van der Waals surface area contributed by atoms with Crippen molar-refractivity contribution in [3.63, 3.8) is 0 Å². The van der Waals surface area contributed by atoms with Crippen LogP contribution in [-0.4, -0.2) is 16.1 Å². The first-order valence-corrected chi connectivity index (χ1v) is 6.32. The molecule has 2 rings (SSSR count). The van der Waals surface area contributed by atoms with Crippen molar-refractivity contribution < 1.29 is 0 Å². The van der Waals surface area contributed by atoms with Gasteiger partial charge in [-0.05, 0) is 36.1 Å². The molecule has 18 heavy (non-hydrogen) atoms. The topological polar surface area (TPSA) is 69.9 Å². The third kappa shape index (κ3) is 2.26. The van der Waals surface area contributed by atoms with Crippen molar-refractivity contribution in [1.29, 1.82) is 0 Å². The van der Waals surface area contributed by atoms with Crippen molar-refractivity contribution in [3.05, 3.63) is 30.1 Å². The van der Waals surface area contributed by atoms with Gasteiger partial charge in [-0.25, -0.2) is 4.98 Å². The number of benzene rings is 1. The summed E-state index contributed by atoms with van der Waals surface area (Å²) < 4.78 is 2.01. The van der Waals surface area contributed by atoms with Gasteiger partial charge in [-0.3, -0.25) is 0 Å². The zero-order valence-electron chi connectivity index (χ0n) is 11.4. The van der Waals surface area contributed by atoms with Gasteiger partial charge >= 0.3 is 0 Å². The number of rotatable bonds is 4. The van der Waals surface area contributed by atoms with Gasteiger partial charge < -0.3 is 16.0 Å². The zero-order valence-corrected chi connectivity index (χ0v) is 11.4. The van der Waals surface area contributed by atoms with Crippen LogP contribution >= 0.6 is 0 Å². The van der Waals surface area contributed by atoms with E-state index in [0.29, 0.717) is 6.54 Å². The molecule has 1 atom stereocenters. The summed E-state index contributed by atoms with van der Waals surface area (Å²) in [5.41, 5.74) is 15.3. The SMILES string of the molecule is Cn1cnc2cc(C(N)C(C)(C)CCN)ccc21. The van der Waals surface area contributed by atoms with Crippen LogP contribution < -0.4 is 11.5 Å². The molecule has 0 saturated carbocycles. The van der Waals surface area contributed by atoms with Gasteiger partial charge in [0.2, 0.25) is 0 Å². The van der Waals surface area contributed by atoms with Gasteiger partial charge in [-0.15, -0.1) is 0 Å². The molecule has 4 nitrogen and oxygen atoms in total. The molecule has 1 heterocycles. The first kappa shape index (κ1) is 13.1. The molecule has 2 aromatic rings. The number of aryl methyl sites for hydroxylation is 1. The van der Waals surface area contributed by atoms with E-state index in [1.54, 1.807) is 0 Å². The summed E-state index contributed by atoms with van der Waals surface area (Å²) in [7, 11) is 1.99. The smallest absolute Gasteiger partial charge is 0.0955 e. The summed E-state index contributed by atoms with van der Waals surface area (Å²) >= 11 is 0. The molecule has 0 aliphatic rings. The normalized spacial score (nSPS) is 14.1. The Morgan fingerprint density at radius 3 is 2.78 bits per heavy atom. The molecule has 0 aliphatic carbocycles. The number of aromatic nitrogens is 2. The molecule has 0 spiro atoms. The average molecular weight is 246 g/mol. The van der Waals surface area contributed by atoms with E-state index in [9.17, 15) is 0 Å². The predicted molar refractivity (Wildman–Crippen MR) is 75.1 cm³/mol. The van der Waals surface area contributed by atoms with E-state index in [2.05, 4.69) is 37.0 Å². The maximum absolute atomic E-state index is 6.37. The van der Waals surface area contributed by atoms with Crippen molar-refractivity contribution in [2.45, 2.75) is 26.3 Å². The van der Waals surface area contributed by atoms with E-state index in [1.165, 1.54) is 0 Å². The fraction of sp³-hybridized carbons (Fsp3) is 0.500. The first-order valence-electron chi connectivity index (χ1n) is 6.32. The van der Waals surface area contributed by atoms with Crippen molar-refractivity contribution in [3.8, 4) is 0 Å². The molecule has 1 unspecified atom stereocenters. The fourth-order valence-corrected chi connectivity index (χ4v) is 2.33. The Hall–Kier alpha value is -1.39. The summed E-state index contributed by atoms with van der Waals surface area (Å²) in [4.78, 5) is 4.37. The average Bonchev–Trinajstić information content (AvgIpc) is 2.69. The van der Waals surface area contributed by atoms with E-state index >= 15 is 0 Å². The van der Waals surface area contributed by atoms with Gasteiger partial charge in [0.15, 0.2) is 0 Å². The van der Waals surface area contributed by atoms with Crippen LogP contribution in [0.3, 0.4) is 0 Å². The molecular weight excluding hydrogens is 224 g/mol. The molecule has 4 N–H and O–H groups in total. The minimum absolute atomic E-state index is 0.00277. The van der Waals surface area contributed by atoms with Crippen LogP contribution in [0, 0.1) is 5.41 Å². The Morgan fingerprint density at radius 2 is 2.11 bits per heavy atom. The Bertz CT molecular complexity index is 542. The maximum atomic E-state index is 6.37. The standard InChI is InChI=1S/C14H22N4/c1-14(2,6-7-15)13(16)10-4-5-12-11(8-10)17-9-18(12)3/h4-5,8-9,13H,6-7,15-16H2,1-3H3. The fourth-order valence-electron chi connectivity index (χ4n) is 2.33. The highest BCUT2D eigenvalue weighted by molar-refractivity contribution is 5.76. The number of nitrogens with two attached hydrogens (primary N) is 2. The molecule has 0 amide bonds. The van der Waals surface area contributed by atoms with Crippen LogP contribution in [0.5, 0.6) is 0 Å². The summed E-state index contributed by atoms with van der Waals surface area (Å²) in [6.07, 6.45) is 2.74. The molecule has 0 radical (unpaired) electrons. The molecule has 0 fully saturated rings. The second kappa shape index (κ2) is 4.71. The van der Waals surface area contributed by atoms with E-state index in [4.69, 9.17) is 11.5 Å². The minimum Gasteiger partial charge on any atom is -0.334 e. The molecule has 0 saturated heterocycles. The molecule has 0 bridgehead atoms. The molecular formula is C14H22N4. The summed E-state index contributed by atoms with van der Waals surface area (Å²) in [6, 6.07) is 6.23. The summed E-state index contributed by atoms with van der Waals surface area (Å²) in [5, 5.41) is 0. The lowest BCUT2D eigenvalue weighted by molar-refractivity contribution is 0.271. The van der Waals surface area contributed by atoms with Crippen LogP contribution in [-0.2, 0) is 7.05 Å². The van der Waals surface area contributed by atoms with E-state index < -0.39 is 0 Å². The quantitative estimate of drug-likeness (QED) is 0.866. The van der Waals surface area contributed by atoms with Crippen LogP contribution in [0.2, 0.25) is 0 Å². The summed E-state index contributed by atoms with van der Waals surface area (Å²) in [6.45, 7) is 4.98. The molecule has 0 aliphatic heterocycles. The second-order valence-electron chi connectivity index (χ2n) is 5.61. The Balaban J connectivity index is 2.36. The van der Waals surface area contributed by atoms with Crippen LogP contribution in [0.1, 0.15) is 31.9 Å². The molecule has 4 heteroatoms. The Morgan fingerprint density at radius 1 is 1.39 bits per heavy atom. The van der Waals surface area contributed by atoms with Gasteiger partial charge in [-0.1, -0.05) is 19.9 Å². The monoisotopic (exact) mass is 246 g/mol. The number of nitrogens with zero attached hydrogens (tertiary/aromatic N) is 2. The maximum Gasteiger partial charge on any atom is 0.0955 e. The largest absolute Gasteiger partial charge is 0.334 e. The van der Waals surface area contributed by atoms with Gasteiger partial charge in [0.05, 0.1) is 17.4 Å². The number of fused-ring (bicyclic) bond motifs is 1. The van der Waals surface area contributed by atoms with Crippen molar-refractivity contribution in [1.82, 2.24) is 9.55 Å². The number of hydrogen-bond acceptors (Lipinski definition) is 3. The highest BCUT2D eigenvalue weighted by atomic mass is 15.0. The van der Waals surface area contributed by atoms with Crippen molar-refractivity contribution in [2.75, 3.05) is 6.54 Å². The number of imidazole rings is 1. The second-order valence-corrected chi connectivity index (χ2v) is 5.61. The molecule has 1 aromatic heterocycles. The third-order valence-electron chi connectivity index (χ3n) is 3.74. The van der Waals surface area contributed by atoms with E-state index in [0.717, 1.165) is 23.0 Å². The lowest BCUT2D eigenvalue weighted by atomic mass is 9.78. The van der Waals surface area contributed by atoms with Crippen molar-refractivity contribution >= 4 is 11.0 Å². The molecule has 98 valence electrons. The Labute approximate surface area is 108 Å². The Kier molecular flexibility index (Phi) is 3.41. The first-order chi connectivity index (χ1) is 8.45. The van der Waals surface area contributed by atoms with Crippen LogP contribution in [0.15, 0.2) is 24.5 Å². The van der Waals surface area contributed by atoms with Gasteiger partial charge in [0.25, 0.3) is 0 Å². The zero-order chi connectivity index (χ0) is 13.3. The van der Waals surface area contributed by atoms with Gasteiger partial charge in [-0.2, -0.15) is 0 Å². The summed E-state index contributed by atoms with van der Waals surface area (Å²) in [5.74, 6) is 0. The van der Waals surface area contributed by atoms with Crippen LogP contribution in [0.4, 0.5) is 0 Å². The predicted octanol–water partition coefficient (Wildman–Crippen LogP) is 1.95. The van der Waals surface area contributed by atoms with Gasteiger partial charge in [0.1, 0.15) is 0 Å². The minimum atomic E-state index is -0.0209. The lowest BCUT2D eigenvalue weighted by Crippen LogP contribution is -2.31. The number of hydrogen-bond donors (Lipinski definition) is 2. The van der Waals surface area contributed by atoms with E-state index in [1.807, 2.05) is 17.9 Å². The highest BCUT2D eigenvalue weighted by Crippen LogP contribution is 2.34. The van der Waals surface area contributed by atoms with Gasteiger partial charge in [0, 0.05) is 13.1 Å². The van der Waals surface area contributed by atoms with E-state index in [-0.39, 0.29) is 11.5 Å². The van der Waals surface area contributed by atoms with Crippen molar-refractivity contribution in [2.24, 2.45) is 23.9 Å². The third-order valence-corrected chi connectivity index (χ3v) is 3.74.